The number of carbonyl (C=O) groups excluding carboxylic acids is 1. The van der Waals surface area contributed by atoms with E-state index in [1.807, 2.05) is 43.5 Å². The van der Waals surface area contributed by atoms with Crippen LogP contribution in [0, 0.1) is 6.92 Å². The van der Waals surface area contributed by atoms with Crippen molar-refractivity contribution in [2.75, 3.05) is 19.8 Å². The lowest BCUT2D eigenvalue weighted by atomic mass is 10.2. The third kappa shape index (κ3) is 5.52. The predicted octanol–water partition coefficient (Wildman–Crippen LogP) is 2.84. The number of hydrogen-bond donors (Lipinski definition) is 1. The van der Waals surface area contributed by atoms with Gasteiger partial charge in [-0.05, 0) is 26.0 Å². The van der Waals surface area contributed by atoms with Crippen LogP contribution < -0.4 is 10.1 Å². The molecule has 1 saturated heterocycles. The molecule has 1 N–H and O–H groups in total. The van der Waals surface area contributed by atoms with Gasteiger partial charge >= 0.3 is 0 Å². The molecule has 0 bridgehead atoms. The Hall–Kier alpha value is -1.96. The average Bonchev–Trinajstić information content (AvgIpc) is 3.24. The van der Waals surface area contributed by atoms with Gasteiger partial charge in [0.2, 0.25) is 5.91 Å². The Labute approximate surface area is 157 Å². The minimum atomic E-state index is -0.575. The smallest absolute Gasteiger partial charge is 0.226 e. The van der Waals surface area contributed by atoms with Crippen molar-refractivity contribution >= 4 is 17.2 Å². The van der Waals surface area contributed by atoms with E-state index in [0.717, 1.165) is 16.5 Å². The van der Waals surface area contributed by atoms with E-state index >= 15 is 0 Å². The minimum absolute atomic E-state index is 0.0529. The van der Waals surface area contributed by atoms with Gasteiger partial charge in [0.25, 0.3) is 0 Å². The lowest BCUT2D eigenvalue weighted by Crippen LogP contribution is -2.34. The third-order valence-corrected chi connectivity index (χ3v) is 4.99. The van der Waals surface area contributed by atoms with Crippen molar-refractivity contribution in [1.82, 2.24) is 10.3 Å². The van der Waals surface area contributed by atoms with Crippen LogP contribution in [0.25, 0.3) is 0 Å². The average molecular weight is 376 g/mol. The number of benzene rings is 1. The summed E-state index contributed by atoms with van der Waals surface area (Å²) in [7, 11) is 0. The first-order valence-electron chi connectivity index (χ1n) is 8.70. The summed E-state index contributed by atoms with van der Waals surface area (Å²) in [5.41, 5.74) is 1.95. The highest BCUT2D eigenvalue weighted by Crippen LogP contribution is 2.21. The van der Waals surface area contributed by atoms with E-state index in [2.05, 4.69) is 10.3 Å². The number of rotatable bonds is 8. The summed E-state index contributed by atoms with van der Waals surface area (Å²) in [4.78, 5) is 16.5. The van der Waals surface area contributed by atoms with Crippen molar-refractivity contribution < 1.29 is 19.0 Å². The highest BCUT2D eigenvalue weighted by atomic mass is 32.1. The van der Waals surface area contributed by atoms with Crippen LogP contribution in [0.5, 0.6) is 5.75 Å². The molecule has 1 aliphatic heterocycles. The highest BCUT2D eigenvalue weighted by molar-refractivity contribution is 7.09. The molecule has 1 aliphatic rings. The number of hydrogen-bond acceptors (Lipinski definition) is 6. The Balaban J connectivity index is 1.39. The van der Waals surface area contributed by atoms with E-state index in [9.17, 15) is 4.79 Å². The molecule has 3 rings (SSSR count). The molecule has 1 amide bonds. The molecule has 0 unspecified atom stereocenters. The largest absolute Gasteiger partial charge is 0.486 e. The summed E-state index contributed by atoms with van der Waals surface area (Å²) in [5, 5.41) is 5.65. The minimum Gasteiger partial charge on any atom is -0.486 e. The van der Waals surface area contributed by atoms with E-state index < -0.39 is 5.79 Å². The summed E-state index contributed by atoms with van der Waals surface area (Å²) in [6.07, 6.45) is 0.894. The fraction of sp³-hybridized carbons (Fsp3) is 0.474. The molecular weight excluding hydrogens is 352 g/mol. The number of nitrogens with zero attached hydrogens (tertiary/aromatic N) is 1. The van der Waals surface area contributed by atoms with Crippen LogP contribution in [0.2, 0.25) is 0 Å². The van der Waals surface area contributed by atoms with Crippen LogP contribution in [0.3, 0.4) is 0 Å². The second-order valence-electron chi connectivity index (χ2n) is 6.44. The molecule has 0 radical (unpaired) electrons. The van der Waals surface area contributed by atoms with Gasteiger partial charge in [-0.1, -0.05) is 17.7 Å². The third-order valence-electron chi connectivity index (χ3n) is 4.12. The maximum Gasteiger partial charge on any atom is 0.226 e. The van der Waals surface area contributed by atoms with Crippen LogP contribution in [0.1, 0.15) is 29.6 Å². The van der Waals surface area contributed by atoms with Crippen LogP contribution in [-0.2, 0) is 27.3 Å². The molecule has 0 spiro atoms. The molecule has 7 heteroatoms. The molecule has 6 nitrogen and oxygen atoms in total. The maximum atomic E-state index is 12.1. The lowest BCUT2D eigenvalue weighted by Gasteiger charge is -2.22. The van der Waals surface area contributed by atoms with Gasteiger partial charge in [-0.3, -0.25) is 4.79 Å². The first kappa shape index (κ1) is 18.8. The van der Waals surface area contributed by atoms with Crippen LogP contribution in [0.4, 0.5) is 0 Å². The van der Waals surface area contributed by atoms with Gasteiger partial charge in [-0.15, -0.1) is 11.3 Å². The second kappa shape index (κ2) is 8.62. The summed E-state index contributed by atoms with van der Waals surface area (Å²) >= 11 is 1.50. The molecule has 0 saturated carbocycles. The van der Waals surface area contributed by atoms with Gasteiger partial charge in [0.15, 0.2) is 5.79 Å². The second-order valence-corrected chi connectivity index (χ2v) is 7.38. The monoisotopic (exact) mass is 376 g/mol. The first-order chi connectivity index (χ1) is 12.5. The zero-order valence-electron chi connectivity index (χ0n) is 15.1. The Kier molecular flexibility index (Phi) is 6.24. The summed E-state index contributed by atoms with van der Waals surface area (Å²) in [5.74, 6) is 0.187. The normalized spacial score (nSPS) is 15.8. The first-order valence-corrected chi connectivity index (χ1v) is 9.58. The van der Waals surface area contributed by atoms with Crippen LogP contribution in [-0.4, -0.2) is 36.4 Å². The molecule has 140 valence electrons. The fourth-order valence-electron chi connectivity index (χ4n) is 2.63. The topological polar surface area (TPSA) is 69.7 Å². The van der Waals surface area contributed by atoms with Crippen molar-refractivity contribution in [3.05, 3.63) is 45.9 Å². The SMILES string of the molecule is Cc1ccc(OCc2nc(CC(=O)NCCC3(C)OCCO3)cs2)cc1. The lowest BCUT2D eigenvalue weighted by molar-refractivity contribution is -0.146. The van der Waals surface area contributed by atoms with Crippen molar-refractivity contribution in [1.29, 1.82) is 0 Å². The number of nitrogens with one attached hydrogen (secondary N) is 1. The van der Waals surface area contributed by atoms with Gasteiger partial charge in [-0.25, -0.2) is 4.98 Å². The fourth-order valence-corrected chi connectivity index (χ4v) is 3.34. The van der Waals surface area contributed by atoms with E-state index in [-0.39, 0.29) is 12.3 Å². The van der Waals surface area contributed by atoms with E-state index in [1.165, 1.54) is 16.9 Å². The Morgan fingerprint density at radius 3 is 2.77 bits per heavy atom. The van der Waals surface area contributed by atoms with E-state index in [1.54, 1.807) is 0 Å². The van der Waals surface area contributed by atoms with Crippen molar-refractivity contribution in [2.45, 2.75) is 39.1 Å². The quantitative estimate of drug-likeness (QED) is 0.767. The summed E-state index contributed by atoms with van der Waals surface area (Å²) in [6.45, 7) is 6.07. The van der Waals surface area contributed by atoms with Gasteiger partial charge in [0.1, 0.15) is 17.4 Å². The maximum absolute atomic E-state index is 12.1. The Morgan fingerprint density at radius 2 is 2.04 bits per heavy atom. The van der Waals surface area contributed by atoms with Crippen LogP contribution >= 0.6 is 11.3 Å². The van der Waals surface area contributed by atoms with Gasteiger partial charge in [0.05, 0.1) is 25.3 Å². The van der Waals surface area contributed by atoms with Gasteiger partial charge in [0, 0.05) is 18.3 Å². The Bertz CT molecular complexity index is 723. The summed E-state index contributed by atoms with van der Waals surface area (Å²) in [6, 6.07) is 7.90. The van der Waals surface area contributed by atoms with E-state index in [4.69, 9.17) is 14.2 Å². The number of thiazole rings is 1. The van der Waals surface area contributed by atoms with Gasteiger partial charge < -0.3 is 19.5 Å². The molecule has 1 aromatic carbocycles. The highest BCUT2D eigenvalue weighted by Gasteiger charge is 2.30. The molecular formula is C19H24N2O4S. The van der Waals surface area contributed by atoms with Crippen LogP contribution in [0.15, 0.2) is 29.6 Å². The van der Waals surface area contributed by atoms with E-state index in [0.29, 0.717) is 32.8 Å². The number of aryl methyl sites for hydroxylation is 1. The Morgan fingerprint density at radius 1 is 1.31 bits per heavy atom. The molecule has 26 heavy (non-hydrogen) atoms. The van der Waals surface area contributed by atoms with Crippen molar-refractivity contribution in [3.8, 4) is 5.75 Å². The predicted molar refractivity (Wildman–Crippen MR) is 99.3 cm³/mol. The molecule has 1 fully saturated rings. The summed E-state index contributed by atoms with van der Waals surface area (Å²) < 4.78 is 16.7. The molecule has 0 atom stereocenters. The standard InChI is InChI=1S/C19H24N2O4S/c1-14-3-5-16(6-4-14)23-12-18-21-15(13-26-18)11-17(22)20-8-7-19(2)24-9-10-25-19/h3-6,13H,7-12H2,1-2H3,(H,20,22). The van der Waals surface area contributed by atoms with Gasteiger partial charge in [-0.2, -0.15) is 0 Å². The number of aromatic nitrogens is 1. The molecule has 1 aromatic heterocycles. The number of ether oxygens (including phenoxy) is 3. The van der Waals surface area contributed by atoms with Crippen molar-refractivity contribution in [3.63, 3.8) is 0 Å². The molecule has 2 heterocycles. The zero-order chi connectivity index (χ0) is 18.4. The number of carbonyl (C=O) groups is 1. The zero-order valence-corrected chi connectivity index (χ0v) is 15.9. The number of amides is 1. The van der Waals surface area contributed by atoms with Crippen molar-refractivity contribution in [2.24, 2.45) is 0 Å². The molecule has 2 aromatic rings. The molecule has 0 aliphatic carbocycles.